The lowest BCUT2D eigenvalue weighted by molar-refractivity contribution is 0.583. The van der Waals surface area contributed by atoms with Crippen molar-refractivity contribution in [2.24, 2.45) is 0 Å². The molecule has 0 unspecified atom stereocenters. The number of pyridine rings is 1. The minimum absolute atomic E-state index is 0.101. The van der Waals surface area contributed by atoms with Gasteiger partial charge in [-0.2, -0.15) is 0 Å². The predicted octanol–water partition coefficient (Wildman–Crippen LogP) is 2.96. The molecule has 1 atom stereocenters. The molecule has 124 valence electrons. The van der Waals surface area contributed by atoms with E-state index in [0.29, 0.717) is 6.54 Å². The number of hydrogen-bond donors (Lipinski definition) is 1. The Morgan fingerprint density at radius 3 is 2.42 bits per heavy atom. The number of nitrogens with one attached hydrogen (secondary N) is 1. The van der Waals surface area contributed by atoms with Gasteiger partial charge in [0.15, 0.2) is 0 Å². The Kier molecular flexibility index (Phi) is 4.92. The van der Waals surface area contributed by atoms with E-state index < -0.39 is 9.84 Å². The maximum atomic E-state index is 11.4. The summed E-state index contributed by atoms with van der Waals surface area (Å²) in [5.41, 5.74) is 2.88. The van der Waals surface area contributed by atoms with Gasteiger partial charge in [0.1, 0.15) is 9.84 Å². The van der Waals surface area contributed by atoms with Crippen LogP contribution >= 0.6 is 0 Å². The van der Waals surface area contributed by atoms with Crippen molar-refractivity contribution in [3.05, 3.63) is 78.0 Å². The third kappa shape index (κ3) is 4.19. The summed E-state index contributed by atoms with van der Waals surface area (Å²) in [4.78, 5) is 4.76. The van der Waals surface area contributed by atoms with E-state index in [9.17, 15) is 8.42 Å². The Morgan fingerprint density at radius 1 is 0.958 bits per heavy atom. The fraction of sp³-hybridized carbons (Fsp3) is 0.211. The molecule has 0 saturated heterocycles. The van der Waals surface area contributed by atoms with E-state index in [1.807, 2.05) is 66.7 Å². The molecule has 0 radical (unpaired) electrons. The molecule has 24 heavy (non-hydrogen) atoms. The Labute approximate surface area is 142 Å². The summed E-state index contributed by atoms with van der Waals surface area (Å²) in [5, 5.41) is 4.42. The molecule has 0 aliphatic carbocycles. The van der Waals surface area contributed by atoms with Crippen LogP contribution < -0.4 is 5.32 Å². The van der Waals surface area contributed by atoms with Gasteiger partial charge in [0, 0.05) is 18.2 Å². The number of nitrogens with zero attached hydrogens (tertiary/aromatic N) is 1. The van der Waals surface area contributed by atoms with E-state index in [1.54, 1.807) is 0 Å². The molecule has 3 rings (SSSR count). The molecule has 5 heteroatoms. The van der Waals surface area contributed by atoms with Crippen LogP contribution in [0.2, 0.25) is 0 Å². The monoisotopic (exact) mass is 340 g/mol. The topological polar surface area (TPSA) is 59.1 Å². The van der Waals surface area contributed by atoms with Crippen molar-refractivity contribution in [3.8, 4) is 0 Å². The predicted molar refractivity (Wildman–Crippen MR) is 97.7 cm³/mol. The number of aromatic nitrogens is 1. The molecular formula is C19H20N2O2S. The summed E-state index contributed by atoms with van der Waals surface area (Å²) >= 11 is 0. The Balaban J connectivity index is 1.93. The second-order valence-corrected chi connectivity index (χ2v) is 8.12. The molecule has 0 amide bonds. The molecule has 3 aromatic rings. The smallest absolute Gasteiger partial charge is 0.148 e. The Hall–Kier alpha value is -2.24. The first-order valence-corrected chi connectivity index (χ1v) is 9.91. The number of rotatable bonds is 6. The van der Waals surface area contributed by atoms with Crippen molar-refractivity contribution in [1.82, 2.24) is 10.3 Å². The fourth-order valence-corrected chi connectivity index (χ4v) is 3.16. The Bertz CT molecular complexity index is 924. The van der Waals surface area contributed by atoms with Gasteiger partial charge in [0.05, 0.1) is 23.0 Å². The highest BCUT2D eigenvalue weighted by Crippen LogP contribution is 2.22. The first-order valence-electron chi connectivity index (χ1n) is 7.85. The second-order valence-electron chi connectivity index (χ2n) is 5.86. The van der Waals surface area contributed by atoms with Crippen LogP contribution in [0.3, 0.4) is 0 Å². The molecule has 0 fully saturated rings. The van der Waals surface area contributed by atoms with Crippen LogP contribution in [0.1, 0.15) is 17.3 Å². The van der Waals surface area contributed by atoms with Crippen molar-refractivity contribution in [3.63, 3.8) is 0 Å². The molecule has 0 aliphatic heterocycles. The SMILES string of the molecule is CS(=O)(=O)CCN[C@H](c1ccccc1)c1ccc2ccccc2n1. The fourth-order valence-electron chi connectivity index (χ4n) is 2.67. The van der Waals surface area contributed by atoms with E-state index in [4.69, 9.17) is 4.98 Å². The first kappa shape index (κ1) is 16.6. The molecule has 0 spiro atoms. The van der Waals surface area contributed by atoms with Gasteiger partial charge in [0.25, 0.3) is 0 Å². The zero-order valence-corrected chi connectivity index (χ0v) is 14.3. The number of para-hydroxylation sites is 1. The highest BCUT2D eigenvalue weighted by Gasteiger charge is 2.16. The zero-order chi connectivity index (χ0) is 17.0. The lowest BCUT2D eigenvalue weighted by Gasteiger charge is -2.19. The number of benzene rings is 2. The van der Waals surface area contributed by atoms with E-state index in [2.05, 4.69) is 5.32 Å². The van der Waals surface area contributed by atoms with Crippen LogP contribution in [-0.2, 0) is 9.84 Å². The third-order valence-corrected chi connectivity index (χ3v) is 4.82. The summed E-state index contributed by atoms with van der Waals surface area (Å²) in [7, 11) is -3.00. The zero-order valence-electron chi connectivity index (χ0n) is 13.5. The quantitative estimate of drug-likeness (QED) is 0.749. The van der Waals surface area contributed by atoms with Crippen LogP contribution in [0.5, 0.6) is 0 Å². The van der Waals surface area contributed by atoms with E-state index in [0.717, 1.165) is 22.2 Å². The molecule has 0 aliphatic rings. The minimum atomic E-state index is -3.00. The van der Waals surface area contributed by atoms with Gasteiger partial charge < -0.3 is 5.32 Å². The number of fused-ring (bicyclic) bond motifs is 1. The second kappa shape index (κ2) is 7.11. The summed E-state index contributed by atoms with van der Waals surface area (Å²) in [6.45, 7) is 0.382. The highest BCUT2D eigenvalue weighted by molar-refractivity contribution is 7.90. The van der Waals surface area contributed by atoms with Crippen molar-refractivity contribution in [1.29, 1.82) is 0 Å². The third-order valence-electron chi connectivity index (χ3n) is 3.87. The number of hydrogen-bond acceptors (Lipinski definition) is 4. The van der Waals surface area contributed by atoms with E-state index in [-0.39, 0.29) is 11.8 Å². The lowest BCUT2D eigenvalue weighted by Crippen LogP contribution is -2.28. The maximum absolute atomic E-state index is 11.4. The van der Waals surface area contributed by atoms with Gasteiger partial charge >= 0.3 is 0 Å². The van der Waals surface area contributed by atoms with Gasteiger partial charge in [-0.15, -0.1) is 0 Å². The van der Waals surface area contributed by atoms with Gasteiger partial charge in [-0.3, -0.25) is 4.98 Å². The lowest BCUT2D eigenvalue weighted by atomic mass is 10.0. The van der Waals surface area contributed by atoms with E-state index in [1.165, 1.54) is 6.26 Å². The molecule has 1 aromatic heterocycles. The molecule has 0 bridgehead atoms. The van der Waals surface area contributed by atoms with Gasteiger partial charge in [-0.1, -0.05) is 54.6 Å². The van der Waals surface area contributed by atoms with Gasteiger partial charge in [0.2, 0.25) is 0 Å². The molecule has 0 saturated carbocycles. The van der Waals surface area contributed by atoms with Crippen molar-refractivity contribution in [2.45, 2.75) is 6.04 Å². The molecule has 1 heterocycles. The minimum Gasteiger partial charge on any atom is -0.304 e. The average molecular weight is 340 g/mol. The van der Waals surface area contributed by atoms with Crippen LogP contribution in [0, 0.1) is 0 Å². The Morgan fingerprint density at radius 2 is 1.67 bits per heavy atom. The summed E-state index contributed by atoms with van der Waals surface area (Å²) in [6.07, 6.45) is 1.25. The van der Waals surface area contributed by atoms with Crippen molar-refractivity contribution < 1.29 is 8.42 Å². The molecule has 2 aromatic carbocycles. The van der Waals surface area contributed by atoms with Gasteiger partial charge in [-0.25, -0.2) is 8.42 Å². The standard InChI is InChI=1S/C19H20N2O2S/c1-24(22,23)14-13-20-19(16-8-3-2-4-9-16)18-12-11-15-7-5-6-10-17(15)21-18/h2-12,19-20H,13-14H2,1H3/t19-/m1/s1. The van der Waals surface area contributed by atoms with E-state index >= 15 is 0 Å². The highest BCUT2D eigenvalue weighted by atomic mass is 32.2. The van der Waals surface area contributed by atoms with Crippen LogP contribution in [-0.4, -0.2) is 32.0 Å². The summed E-state index contributed by atoms with van der Waals surface area (Å²) in [6, 6.07) is 21.8. The van der Waals surface area contributed by atoms with Crippen LogP contribution in [0.15, 0.2) is 66.7 Å². The summed E-state index contributed by atoms with van der Waals surface area (Å²) < 4.78 is 22.8. The van der Waals surface area contributed by atoms with Gasteiger partial charge in [-0.05, 0) is 17.7 Å². The van der Waals surface area contributed by atoms with Crippen LogP contribution in [0.4, 0.5) is 0 Å². The first-order chi connectivity index (χ1) is 11.5. The summed E-state index contributed by atoms with van der Waals surface area (Å²) in [5.74, 6) is 0.101. The largest absolute Gasteiger partial charge is 0.304 e. The normalized spacial score (nSPS) is 13.0. The molecule has 1 N–H and O–H groups in total. The average Bonchev–Trinajstić information content (AvgIpc) is 2.58. The molecular weight excluding hydrogens is 320 g/mol. The van der Waals surface area contributed by atoms with Crippen LogP contribution in [0.25, 0.3) is 10.9 Å². The van der Waals surface area contributed by atoms with Crippen molar-refractivity contribution >= 4 is 20.7 Å². The molecule has 4 nitrogen and oxygen atoms in total. The maximum Gasteiger partial charge on any atom is 0.148 e. The number of sulfone groups is 1. The van der Waals surface area contributed by atoms with Crippen molar-refractivity contribution in [2.75, 3.05) is 18.6 Å².